The van der Waals surface area contributed by atoms with Crippen molar-refractivity contribution in [1.29, 1.82) is 0 Å². The first-order chi connectivity index (χ1) is 6.58. The average molecular weight is 205 g/mol. The van der Waals surface area contributed by atoms with E-state index in [1.807, 2.05) is 0 Å². The summed E-state index contributed by atoms with van der Waals surface area (Å²) in [7, 11) is 0. The number of rotatable bonds is 6. The molecule has 0 fully saturated rings. The fourth-order valence-electron chi connectivity index (χ4n) is 0.766. The summed E-state index contributed by atoms with van der Waals surface area (Å²) in [5.41, 5.74) is 8.05. The largest absolute Gasteiger partial charge is 0.394 e. The second-order valence-corrected chi connectivity index (χ2v) is 2.50. The molecule has 0 aliphatic heterocycles. The highest BCUT2D eigenvalue weighted by molar-refractivity contribution is 5.88. The van der Waals surface area contributed by atoms with Gasteiger partial charge in [0.05, 0.1) is 19.3 Å². The third-order valence-electron chi connectivity index (χ3n) is 1.52. The first-order valence-electron chi connectivity index (χ1n) is 3.74. The second-order valence-electron chi connectivity index (χ2n) is 2.50. The number of carbonyl (C=O) groups is 1. The molecule has 80 valence electrons. The minimum Gasteiger partial charge on any atom is -0.394 e. The van der Waals surface area contributed by atoms with Gasteiger partial charge in [0.15, 0.2) is 5.78 Å². The van der Waals surface area contributed by atoms with Gasteiger partial charge in [0.2, 0.25) is 0 Å². The molecule has 0 aliphatic carbocycles. The molecule has 8 nitrogen and oxygen atoms in total. The number of aliphatic hydroxyl groups is 4. The van der Waals surface area contributed by atoms with Crippen molar-refractivity contribution in [2.24, 2.45) is 5.11 Å². The highest BCUT2D eigenvalue weighted by atomic mass is 16.3. The summed E-state index contributed by atoms with van der Waals surface area (Å²) in [5, 5.41) is 37.8. The number of hydrogen-bond donors (Lipinski definition) is 4. The molecular formula is C6H11N3O5. The standard InChI is InChI=1S/C6H11N3O5/c7-9-8-5(3(12)1-10)6(14)4(13)2-11/h3-5,10-13H,1-2H2/t3-,4+,5-/m1/s1. The van der Waals surface area contributed by atoms with E-state index < -0.39 is 37.2 Å². The Labute approximate surface area is 79.0 Å². The third-order valence-corrected chi connectivity index (χ3v) is 1.52. The van der Waals surface area contributed by atoms with Crippen LogP contribution in [-0.2, 0) is 4.79 Å². The minimum absolute atomic E-state index is 0.784. The Morgan fingerprint density at radius 1 is 1.36 bits per heavy atom. The zero-order chi connectivity index (χ0) is 11.1. The van der Waals surface area contributed by atoms with Crippen LogP contribution in [0.3, 0.4) is 0 Å². The lowest BCUT2D eigenvalue weighted by atomic mass is 10.0. The van der Waals surface area contributed by atoms with Gasteiger partial charge in [-0.05, 0) is 5.53 Å². The molecule has 0 saturated carbocycles. The van der Waals surface area contributed by atoms with E-state index in [0.717, 1.165) is 0 Å². The van der Waals surface area contributed by atoms with Crippen LogP contribution in [0.4, 0.5) is 0 Å². The van der Waals surface area contributed by atoms with Gasteiger partial charge in [0.25, 0.3) is 0 Å². The molecule has 0 heterocycles. The molecule has 0 saturated heterocycles. The lowest BCUT2D eigenvalue weighted by Crippen LogP contribution is -2.42. The van der Waals surface area contributed by atoms with Crippen LogP contribution in [-0.4, -0.2) is 57.7 Å². The SMILES string of the molecule is [N-]=[N+]=N[C@@H](C(=O)[C@@H](O)CO)[C@H](O)CO. The van der Waals surface area contributed by atoms with Crippen LogP contribution in [0.15, 0.2) is 5.11 Å². The van der Waals surface area contributed by atoms with Crippen molar-refractivity contribution in [3.8, 4) is 0 Å². The molecule has 0 aromatic carbocycles. The molecular weight excluding hydrogens is 194 g/mol. The van der Waals surface area contributed by atoms with Crippen LogP contribution in [0.1, 0.15) is 0 Å². The maximum absolute atomic E-state index is 11.1. The van der Waals surface area contributed by atoms with E-state index in [1.165, 1.54) is 0 Å². The van der Waals surface area contributed by atoms with E-state index in [1.54, 1.807) is 0 Å². The molecule has 0 rings (SSSR count). The molecule has 0 spiro atoms. The highest BCUT2D eigenvalue weighted by Gasteiger charge is 2.29. The Hall–Kier alpha value is -1.18. The number of azide groups is 1. The molecule has 0 bridgehead atoms. The van der Waals surface area contributed by atoms with Crippen molar-refractivity contribution in [3.05, 3.63) is 10.4 Å². The summed E-state index contributed by atoms with van der Waals surface area (Å²) in [5.74, 6) is -1.04. The van der Waals surface area contributed by atoms with Crippen LogP contribution in [0, 0.1) is 0 Å². The van der Waals surface area contributed by atoms with Gasteiger partial charge in [0.1, 0.15) is 12.1 Å². The van der Waals surface area contributed by atoms with Crippen molar-refractivity contribution >= 4 is 5.78 Å². The van der Waals surface area contributed by atoms with Gasteiger partial charge in [-0.3, -0.25) is 4.79 Å². The zero-order valence-corrected chi connectivity index (χ0v) is 7.19. The van der Waals surface area contributed by atoms with Crippen molar-refractivity contribution < 1.29 is 25.2 Å². The van der Waals surface area contributed by atoms with Crippen molar-refractivity contribution in [1.82, 2.24) is 0 Å². The Bertz CT molecular complexity index is 240. The van der Waals surface area contributed by atoms with E-state index in [0.29, 0.717) is 0 Å². The Morgan fingerprint density at radius 3 is 2.29 bits per heavy atom. The summed E-state index contributed by atoms with van der Waals surface area (Å²) in [6.07, 6.45) is -3.31. The van der Waals surface area contributed by atoms with Crippen molar-refractivity contribution in [2.75, 3.05) is 13.2 Å². The fourth-order valence-corrected chi connectivity index (χ4v) is 0.766. The van der Waals surface area contributed by atoms with Gasteiger partial charge in [-0.25, -0.2) is 0 Å². The summed E-state index contributed by atoms with van der Waals surface area (Å²) in [6.45, 7) is -1.62. The molecule has 0 aromatic heterocycles. The van der Waals surface area contributed by atoms with Crippen LogP contribution >= 0.6 is 0 Å². The smallest absolute Gasteiger partial charge is 0.175 e. The minimum atomic E-state index is -1.73. The van der Waals surface area contributed by atoms with Gasteiger partial charge < -0.3 is 20.4 Å². The molecule has 0 radical (unpaired) electrons. The molecule has 0 aromatic rings. The molecule has 3 atom stereocenters. The zero-order valence-electron chi connectivity index (χ0n) is 7.19. The first kappa shape index (κ1) is 12.8. The Balaban J connectivity index is 4.64. The van der Waals surface area contributed by atoms with Crippen LogP contribution in [0.25, 0.3) is 10.4 Å². The topological polar surface area (TPSA) is 147 Å². The van der Waals surface area contributed by atoms with E-state index in [2.05, 4.69) is 10.0 Å². The van der Waals surface area contributed by atoms with Crippen LogP contribution in [0.2, 0.25) is 0 Å². The number of hydrogen-bond acceptors (Lipinski definition) is 6. The van der Waals surface area contributed by atoms with Gasteiger partial charge in [-0.1, -0.05) is 5.11 Å². The number of aliphatic hydroxyl groups excluding tert-OH is 4. The van der Waals surface area contributed by atoms with Gasteiger partial charge in [-0.2, -0.15) is 0 Å². The van der Waals surface area contributed by atoms with Gasteiger partial charge in [-0.15, -0.1) is 0 Å². The van der Waals surface area contributed by atoms with Gasteiger partial charge >= 0.3 is 0 Å². The highest BCUT2D eigenvalue weighted by Crippen LogP contribution is 2.04. The maximum atomic E-state index is 11.1. The predicted molar refractivity (Wildman–Crippen MR) is 44.1 cm³/mol. The van der Waals surface area contributed by atoms with E-state index in [4.69, 9.17) is 26.0 Å². The van der Waals surface area contributed by atoms with Crippen LogP contribution in [0.5, 0.6) is 0 Å². The summed E-state index contributed by atoms with van der Waals surface area (Å²) in [4.78, 5) is 13.4. The maximum Gasteiger partial charge on any atom is 0.175 e. The number of nitrogens with zero attached hydrogens (tertiary/aromatic N) is 3. The van der Waals surface area contributed by atoms with E-state index in [9.17, 15) is 4.79 Å². The molecule has 14 heavy (non-hydrogen) atoms. The molecule has 4 N–H and O–H groups in total. The summed E-state index contributed by atoms with van der Waals surface area (Å²) < 4.78 is 0. The lowest BCUT2D eigenvalue weighted by molar-refractivity contribution is -0.133. The summed E-state index contributed by atoms with van der Waals surface area (Å²) >= 11 is 0. The van der Waals surface area contributed by atoms with E-state index >= 15 is 0 Å². The molecule has 8 heteroatoms. The average Bonchev–Trinajstić information content (AvgIpc) is 2.22. The molecule has 0 aliphatic rings. The number of ketones is 1. The fraction of sp³-hybridized carbons (Fsp3) is 0.833. The lowest BCUT2D eigenvalue weighted by Gasteiger charge is -2.16. The molecule has 0 amide bonds. The summed E-state index contributed by atoms with van der Waals surface area (Å²) in [6, 6.07) is -1.59. The third kappa shape index (κ3) is 3.29. The van der Waals surface area contributed by atoms with Crippen molar-refractivity contribution in [3.63, 3.8) is 0 Å². The normalized spacial score (nSPS) is 16.6. The Kier molecular flexibility index (Phi) is 5.77. The number of carbonyl (C=O) groups excluding carboxylic acids is 1. The Morgan fingerprint density at radius 2 is 1.93 bits per heavy atom. The van der Waals surface area contributed by atoms with Gasteiger partial charge in [0, 0.05) is 4.91 Å². The van der Waals surface area contributed by atoms with Crippen LogP contribution < -0.4 is 0 Å². The first-order valence-corrected chi connectivity index (χ1v) is 3.74. The quantitative estimate of drug-likeness (QED) is 0.223. The predicted octanol–water partition coefficient (Wildman–Crippen LogP) is -2.06. The van der Waals surface area contributed by atoms with Crippen molar-refractivity contribution in [2.45, 2.75) is 18.2 Å². The second kappa shape index (κ2) is 6.30. The monoisotopic (exact) mass is 205 g/mol. The van der Waals surface area contributed by atoms with E-state index in [-0.39, 0.29) is 0 Å². The molecule has 0 unspecified atom stereocenters. The number of Topliss-reactive ketones (excluding diaryl/α,β-unsaturated/α-hetero) is 1.